The van der Waals surface area contributed by atoms with E-state index in [2.05, 4.69) is 5.32 Å². The second kappa shape index (κ2) is 3.64. The summed E-state index contributed by atoms with van der Waals surface area (Å²) in [6, 6.07) is 5.77. The quantitative estimate of drug-likeness (QED) is 0.796. The SMILES string of the molecule is CC1=C(CCN)c2cc(Cl)ccc2[N]1. The number of rotatable bonds is 2. The van der Waals surface area contributed by atoms with Gasteiger partial charge in [0.1, 0.15) is 0 Å². The Morgan fingerprint density at radius 3 is 2.93 bits per heavy atom. The summed E-state index contributed by atoms with van der Waals surface area (Å²) in [5, 5.41) is 5.21. The third kappa shape index (κ3) is 1.51. The van der Waals surface area contributed by atoms with E-state index in [-0.39, 0.29) is 0 Å². The van der Waals surface area contributed by atoms with Crippen LogP contribution in [0.5, 0.6) is 0 Å². The number of benzene rings is 1. The zero-order chi connectivity index (χ0) is 10.1. The number of hydrogen-bond donors (Lipinski definition) is 1. The van der Waals surface area contributed by atoms with Crippen molar-refractivity contribution in [2.75, 3.05) is 6.54 Å². The van der Waals surface area contributed by atoms with E-state index in [1.807, 2.05) is 25.1 Å². The first-order valence-corrected chi connectivity index (χ1v) is 5.01. The molecule has 14 heavy (non-hydrogen) atoms. The molecule has 3 heteroatoms. The van der Waals surface area contributed by atoms with Gasteiger partial charge >= 0.3 is 0 Å². The van der Waals surface area contributed by atoms with Crippen molar-refractivity contribution in [1.82, 2.24) is 5.32 Å². The second-order valence-corrected chi connectivity index (χ2v) is 3.81. The molecule has 2 N–H and O–H groups in total. The van der Waals surface area contributed by atoms with Gasteiger partial charge in [-0.1, -0.05) is 11.6 Å². The predicted octanol–water partition coefficient (Wildman–Crippen LogP) is 2.67. The van der Waals surface area contributed by atoms with Crippen molar-refractivity contribution in [2.45, 2.75) is 13.3 Å². The summed E-state index contributed by atoms with van der Waals surface area (Å²) in [4.78, 5) is 0. The maximum atomic E-state index is 5.94. The molecule has 0 aromatic heterocycles. The average molecular weight is 208 g/mol. The van der Waals surface area contributed by atoms with Crippen LogP contribution in [0.15, 0.2) is 23.9 Å². The number of hydrogen-bond acceptors (Lipinski definition) is 1. The summed E-state index contributed by atoms with van der Waals surface area (Å²) in [5.74, 6) is 0. The van der Waals surface area contributed by atoms with E-state index in [0.717, 1.165) is 28.4 Å². The van der Waals surface area contributed by atoms with Crippen LogP contribution in [0.3, 0.4) is 0 Å². The highest BCUT2D eigenvalue weighted by atomic mass is 35.5. The molecule has 2 rings (SSSR count). The smallest absolute Gasteiger partial charge is 0.0709 e. The summed E-state index contributed by atoms with van der Waals surface area (Å²) in [6.45, 7) is 2.66. The third-order valence-corrected chi connectivity index (χ3v) is 2.64. The van der Waals surface area contributed by atoms with E-state index in [1.54, 1.807) is 0 Å². The lowest BCUT2D eigenvalue weighted by atomic mass is 10.0. The molecule has 1 aromatic carbocycles. The lowest BCUT2D eigenvalue weighted by Gasteiger charge is -2.02. The van der Waals surface area contributed by atoms with Gasteiger partial charge in [-0.3, -0.25) is 5.32 Å². The van der Waals surface area contributed by atoms with Crippen LogP contribution in [0.4, 0.5) is 5.69 Å². The summed E-state index contributed by atoms with van der Waals surface area (Å²) >= 11 is 5.94. The highest BCUT2D eigenvalue weighted by Crippen LogP contribution is 2.37. The summed E-state index contributed by atoms with van der Waals surface area (Å²) in [5.41, 5.74) is 10.00. The molecule has 0 bridgehead atoms. The van der Waals surface area contributed by atoms with Crippen LogP contribution in [0.2, 0.25) is 5.02 Å². The Balaban J connectivity index is 2.45. The molecule has 2 nitrogen and oxygen atoms in total. The van der Waals surface area contributed by atoms with Crippen molar-refractivity contribution in [2.24, 2.45) is 5.73 Å². The van der Waals surface area contributed by atoms with Crippen molar-refractivity contribution < 1.29 is 0 Å². The van der Waals surface area contributed by atoms with Crippen LogP contribution in [0.1, 0.15) is 18.9 Å². The largest absolute Gasteiger partial charge is 0.330 e. The number of nitrogens with zero attached hydrogens (tertiary/aromatic N) is 1. The van der Waals surface area contributed by atoms with Gasteiger partial charge in [-0.25, -0.2) is 0 Å². The maximum absolute atomic E-state index is 5.94. The normalized spacial score (nSPS) is 14.2. The molecule has 0 fully saturated rings. The fourth-order valence-corrected chi connectivity index (χ4v) is 1.92. The van der Waals surface area contributed by atoms with Gasteiger partial charge in [0.2, 0.25) is 0 Å². The van der Waals surface area contributed by atoms with Gasteiger partial charge in [0.05, 0.1) is 5.69 Å². The standard InChI is InChI=1S/C11H12ClN2/c1-7-9(4-5-13)10-6-8(12)2-3-11(10)14-7/h2-3,6H,4-5,13H2,1H3. The first kappa shape index (κ1) is 9.56. The minimum Gasteiger partial charge on any atom is -0.330 e. The monoisotopic (exact) mass is 207 g/mol. The Morgan fingerprint density at radius 2 is 2.21 bits per heavy atom. The van der Waals surface area contributed by atoms with Crippen LogP contribution in [-0.4, -0.2) is 6.54 Å². The first-order valence-electron chi connectivity index (χ1n) is 4.64. The fraction of sp³-hybridized carbons (Fsp3) is 0.273. The summed E-state index contributed by atoms with van der Waals surface area (Å²) < 4.78 is 0. The topological polar surface area (TPSA) is 40.1 Å². The van der Waals surface area contributed by atoms with Crippen molar-refractivity contribution in [3.8, 4) is 0 Å². The van der Waals surface area contributed by atoms with Crippen LogP contribution < -0.4 is 11.1 Å². The predicted molar refractivity (Wildman–Crippen MR) is 59.5 cm³/mol. The molecular formula is C11H12ClN2. The lowest BCUT2D eigenvalue weighted by molar-refractivity contribution is 1.00. The molecule has 0 saturated heterocycles. The van der Waals surface area contributed by atoms with Crippen molar-refractivity contribution in [3.05, 3.63) is 34.5 Å². The minimum atomic E-state index is 0.647. The first-order chi connectivity index (χ1) is 6.72. The average Bonchev–Trinajstić information content (AvgIpc) is 2.45. The number of nitrogens with two attached hydrogens (primary N) is 1. The minimum absolute atomic E-state index is 0.647. The maximum Gasteiger partial charge on any atom is 0.0709 e. The lowest BCUT2D eigenvalue weighted by Crippen LogP contribution is -1.99. The fourth-order valence-electron chi connectivity index (χ4n) is 1.75. The Bertz CT molecular complexity index is 396. The second-order valence-electron chi connectivity index (χ2n) is 3.38. The zero-order valence-corrected chi connectivity index (χ0v) is 8.80. The Kier molecular flexibility index (Phi) is 2.48. The van der Waals surface area contributed by atoms with E-state index >= 15 is 0 Å². The number of fused-ring (bicyclic) bond motifs is 1. The molecule has 0 unspecified atom stereocenters. The highest BCUT2D eigenvalue weighted by Gasteiger charge is 2.19. The van der Waals surface area contributed by atoms with E-state index in [4.69, 9.17) is 17.3 Å². The van der Waals surface area contributed by atoms with Gasteiger partial charge in [0.15, 0.2) is 0 Å². The van der Waals surface area contributed by atoms with Crippen molar-refractivity contribution >= 4 is 22.9 Å². The van der Waals surface area contributed by atoms with Gasteiger partial charge < -0.3 is 5.73 Å². The van der Waals surface area contributed by atoms with Crippen LogP contribution in [0.25, 0.3) is 5.57 Å². The molecule has 1 aliphatic heterocycles. The molecule has 0 amide bonds. The zero-order valence-electron chi connectivity index (χ0n) is 8.05. The molecule has 1 radical (unpaired) electrons. The summed E-state index contributed by atoms with van der Waals surface area (Å²) in [6.07, 6.45) is 0.864. The van der Waals surface area contributed by atoms with Gasteiger partial charge in [-0.15, -0.1) is 0 Å². The third-order valence-electron chi connectivity index (χ3n) is 2.40. The molecule has 1 heterocycles. The van der Waals surface area contributed by atoms with E-state index in [9.17, 15) is 0 Å². The van der Waals surface area contributed by atoms with Crippen LogP contribution >= 0.6 is 11.6 Å². The Hall–Kier alpha value is -0.990. The van der Waals surface area contributed by atoms with Crippen LogP contribution in [-0.2, 0) is 0 Å². The van der Waals surface area contributed by atoms with Gasteiger partial charge in [-0.05, 0) is 43.7 Å². The van der Waals surface area contributed by atoms with Gasteiger partial charge in [0, 0.05) is 16.3 Å². The van der Waals surface area contributed by atoms with Crippen molar-refractivity contribution in [1.29, 1.82) is 0 Å². The Labute approximate surface area is 88.8 Å². The number of allylic oxidation sites excluding steroid dienone is 1. The van der Waals surface area contributed by atoms with E-state index in [0.29, 0.717) is 6.54 Å². The summed E-state index contributed by atoms with van der Waals surface area (Å²) in [7, 11) is 0. The molecule has 0 saturated carbocycles. The number of halogens is 1. The molecule has 1 aromatic rings. The molecule has 0 atom stereocenters. The molecule has 73 valence electrons. The molecule has 0 spiro atoms. The van der Waals surface area contributed by atoms with Gasteiger partial charge in [0.25, 0.3) is 0 Å². The molecular weight excluding hydrogens is 196 g/mol. The molecule has 1 aliphatic rings. The highest BCUT2D eigenvalue weighted by molar-refractivity contribution is 6.30. The van der Waals surface area contributed by atoms with Gasteiger partial charge in [-0.2, -0.15) is 0 Å². The molecule has 0 aliphatic carbocycles. The van der Waals surface area contributed by atoms with E-state index in [1.165, 1.54) is 5.57 Å². The van der Waals surface area contributed by atoms with E-state index < -0.39 is 0 Å². The van der Waals surface area contributed by atoms with Crippen molar-refractivity contribution in [3.63, 3.8) is 0 Å². The Morgan fingerprint density at radius 1 is 1.43 bits per heavy atom. The van der Waals surface area contributed by atoms with Crippen LogP contribution in [0, 0.1) is 0 Å².